The molecule has 0 aliphatic heterocycles. The van der Waals surface area contributed by atoms with Gasteiger partial charge in [0.15, 0.2) is 11.5 Å². The van der Waals surface area contributed by atoms with Crippen molar-refractivity contribution < 1.29 is 14.3 Å². The summed E-state index contributed by atoms with van der Waals surface area (Å²) >= 11 is 0. The molecule has 0 spiro atoms. The normalized spacial score (nSPS) is 11.2. The van der Waals surface area contributed by atoms with Crippen molar-refractivity contribution in [3.05, 3.63) is 35.4 Å². The first-order chi connectivity index (χ1) is 8.85. The molecular weight excluding hydrogens is 242 g/mol. The Morgan fingerprint density at radius 3 is 2.32 bits per heavy atom. The topological polar surface area (TPSA) is 69.4 Å². The lowest BCUT2D eigenvalue weighted by Crippen LogP contribution is -2.38. The number of ether oxygens (including phenoxy) is 1. The summed E-state index contributed by atoms with van der Waals surface area (Å²) in [6, 6.07) is 6.69. The number of carbonyl (C=O) groups is 2. The van der Waals surface area contributed by atoms with Crippen LogP contribution in [0.5, 0.6) is 0 Å². The van der Waals surface area contributed by atoms with Gasteiger partial charge in [0, 0.05) is 12.0 Å². The second-order valence-corrected chi connectivity index (χ2v) is 5.07. The number of carbonyl (C=O) groups excluding carboxylic acids is 2. The summed E-state index contributed by atoms with van der Waals surface area (Å²) in [5.41, 5.74) is 5.28. The van der Waals surface area contributed by atoms with Crippen molar-refractivity contribution in [2.24, 2.45) is 5.73 Å². The number of Topliss-reactive ketones (excluding diaryl/α,β-unsaturated/α-hetero) is 1. The summed E-state index contributed by atoms with van der Waals surface area (Å²) in [6.07, 6.45) is 2.19. The first-order valence-corrected chi connectivity index (χ1v) is 6.49. The molecule has 0 atom stereocenters. The van der Waals surface area contributed by atoms with Gasteiger partial charge < -0.3 is 4.74 Å². The summed E-state index contributed by atoms with van der Waals surface area (Å²) in [6.45, 7) is 5.20. The molecule has 104 valence electrons. The minimum absolute atomic E-state index is 0.0378. The Hall–Kier alpha value is -1.68. The van der Waals surface area contributed by atoms with E-state index >= 15 is 0 Å². The van der Waals surface area contributed by atoms with Crippen LogP contribution in [0, 0.1) is 0 Å². The number of esters is 1. The monoisotopic (exact) mass is 263 g/mol. The average molecular weight is 263 g/mol. The van der Waals surface area contributed by atoms with Crippen molar-refractivity contribution in [1.82, 2.24) is 0 Å². The SMILES string of the molecule is CCCCC(=O)c1ccccc1C(=O)OC(C)(C)N. The molecule has 0 radical (unpaired) electrons. The molecule has 0 aromatic heterocycles. The molecule has 2 N–H and O–H groups in total. The van der Waals surface area contributed by atoms with Gasteiger partial charge >= 0.3 is 5.97 Å². The molecule has 0 unspecified atom stereocenters. The van der Waals surface area contributed by atoms with Gasteiger partial charge in [-0.15, -0.1) is 0 Å². The maximum atomic E-state index is 12.1. The smallest absolute Gasteiger partial charge is 0.340 e. The quantitative estimate of drug-likeness (QED) is 0.486. The first-order valence-electron chi connectivity index (χ1n) is 6.49. The van der Waals surface area contributed by atoms with E-state index in [0.717, 1.165) is 12.8 Å². The minimum atomic E-state index is -1.06. The van der Waals surface area contributed by atoms with E-state index in [-0.39, 0.29) is 11.3 Å². The summed E-state index contributed by atoms with van der Waals surface area (Å²) < 4.78 is 5.11. The molecule has 0 heterocycles. The Morgan fingerprint density at radius 1 is 1.21 bits per heavy atom. The van der Waals surface area contributed by atoms with Gasteiger partial charge in [-0.3, -0.25) is 10.5 Å². The molecule has 0 aliphatic rings. The zero-order chi connectivity index (χ0) is 14.5. The van der Waals surface area contributed by atoms with Crippen molar-refractivity contribution in [2.75, 3.05) is 0 Å². The third-order valence-electron chi connectivity index (χ3n) is 2.56. The Labute approximate surface area is 113 Å². The van der Waals surface area contributed by atoms with Gasteiger partial charge in [0.2, 0.25) is 0 Å². The van der Waals surface area contributed by atoms with Gasteiger partial charge in [0.25, 0.3) is 0 Å². The number of hydrogen-bond donors (Lipinski definition) is 1. The van der Waals surface area contributed by atoms with Crippen LogP contribution >= 0.6 is 0 Å². The maximum Gasteiger partial charge on any atom is 0.340 e. The number of rotatable bonds is 6. The van der Waals surface area contributed by atoms with E-state index in [9.17, 15) is 9.59 Å². The largest absolute Gasteiger partial charge is 0.441 e. The first kappa shape index (κ1) is 15.4. The number of benzene rings is 1. The van der Waals surface area contributed by atoms with Gasteiger partial charge in [-0.25, -0.2) is 4.79 Å². The molecule has 0 saturated carbocycles. The molecule has 4 nitrogen and oxygen atoms in total. The number of unbranched alkanes of at least 4 members (excludes halogenated alkanes) is 1. The van der Waals surface area contributed by atoms with Crippen molar-refractivity contribution in [1.29, 1.82) is 0 Å². The van der Waals surface area contributed by atoms with E-state index in [1.807, 2.05) is 6.92 Å². The van der Waals surface area contributed by atoms with E-state index in [0.29, 0.717) is 12.0 Å². The molecule has 4 heteroatoms. The zero-order valence-corrected chi connectivity index (χ0v) is 11.7. The molecular formula is C15H21NO3. The highest BCUT2D eigenvalue weighted by Gasteiger charge is 2.22. The van der Waals surface area contributed by atoms with Gasteiger partial charge in [0.1, 0.15) is 0 Å². The van der Waals surface area contributed by atoms with E-state index in [1.165, 1.54) is 0 Å². The van der Waals surface area contributed by atoms with E-state index in [1.54, 1.807) is 38.1 Å². The Balaban J connectivity index is 2.95. The van der Waals surface area contributed by atoms with Gasteiger partial charge in [-0.05, 0) is 26.3 Å². The third kappa shape index (κ3) is 4.83. The van der Waals surface area contributed by atoms with Crippen LogP contribution in [-0.4, -0.2) is 17.5 Å². The lowest BCUT2D eigenvalue weighted by Gasteiger charge is -2.20. The van der Waals surface area contributed by atoms with Crippen molar-refractivity contribution in [3.63, 3.8) is 0 Å². The molecule has 1 aromatic rings. The maximum absolute atomic E-state index is 12.1. The number of hydrogen-bond acceptors (Lipinski definition) is 4. The fourth-order valence-electron chi connectivity index (χ4n) is 1.67. The van der Waals surface area contributed by atoms with Crippen LogP contribution in [0.3, 0.4) is 0 Å². The molecule has 0 fully saturated rings. The molecule has 0 aliphatic carbocycles. The van der Waals surface area contributed by atoms with Gasteiger partial charge in [-0.1, -0.05) is 31.5 Å². The van der Waals surface area contributed by atoms with Crippen LogP contribution < -0.4 is 5.73 Å². The van der Waals surface area contributed by atoms with Crippen molar-refractivity contribution >= 4 is 11.8 Å². The molecule has 1 aromatic carbocycles. The average Bonchev–Trinajstić information content (AvgIpc) is 2.34. The summed E-state index contributed by atoms with van der Waals surface area (Å²) in [5, 5.41) is 0. The highest BCUT2D eigenvalue weighted by Crippen LogP contribution is 2.16. The molecule has 0 amide bonds. The number of ketones is 1. The fourth-order valence-corrected chi connectivity index (χ4v) is 1.67. The Morgan fingerprint density at radius 2 is 1.79 bits per heavy atom. The van der Waals surface area contributed by atoms with Crippen LogP contribution in [0.2, 0.25) is 0 Å². The molecule has 0 bridgehead atoms. The summed E-state index contributed by atoms with van der Waals surface area (Å²) in [4.78, 5) is 24.1. The van der Waals surface area contributed by atoms with Crippen LogP contribution in [0.4, 0.5) is 0 Å². The van der Waals surface area contributed by atoms with Crippen molar-refractivity contribution in [2.45, 2.75) is 45.8 Å². The second kappa shape index (κ2) is 6.48. The van der Waals surface area contributed by atoms with Gasteiger partial charge in [-0.2, -0.15) is 0 Å². The highest BCUT2D eigenvalue weighted by molar-refractivity contribution is 6.06. The lowest BCUT2D eigenvalue weighted by molar-refractivity contribution is 0.00175. The molecule has 0 saturated heterocycles. The van der Waals surface area contributed by atoms with Gasteiger partial charge in [0.05, 0.1) is 5.56 Å². The van der Waals surface area contributed by atoms with Crippen LogP contribution in [0.1, 0.15) is 60.7 Å². The predicted octanol–water partition coefficient (Wildman–Crippen LogP) is 2.91. The highest BCUT2D eigenvalue weighted by atomic mass is 16.6. The Bertz CT molecular complexity index is 461. The lowest BCUT2D eigenvalue weighted by atomic mass is 10.00. The minimum Gasteiger partial charge on any atom is -0.441 e. The van der Waals surface area contributed by atoms with Crippen LogP contribution in [0.25, 0.3) is 0 Å². The van der Waals surface area contributed by atoms with E-state index in [2.05, 4.69) is 0 Å². The zero-order valence-electron chi connectivity index (χ0n) is 11.7. The second-order valence-electron chi connectivity index (χ2n) is 5.07. The van der Waals surface area contributed by atoms with E-state index in [4.69, 9.17) is 10.5 Å². The number of nitrogens with two attached hydrogens (primary N) is 1. The molecule has 1 rings (SSSR count). The third-order valence-corrected chi connectivity index (χ3v) is 2.56. The standard InChI is InChI=1S/C15H21NO3/c1-4-5-10-13(17)11-8-6-7-9-12(11)14(18)19-15(2,3)16/h6-9H,4-5,10,16H2,1-3H3. The predicted molar refractivity (Wildman–Crippen MR) is 74.0 cm³/mol. The molecule has 19 heavy (non-hydrogen) atoms. The summed E-state index contributed by atoms with van der Waals surface area (Å²) in [7, 11) is 0. The summed E-state index contributed by atoms with van der Waals surface area (Å²) in [5.74, 6) is -0.600. The van der Waals surface area contributed by atoms with E-state index < -0.39 is 11.7 Å². The van der Waals surface area contributed by atoms with Crippen LogP contribution in [0.15, 0.2) is 24.3 Å². The van der Waals surface area contributed by atoms with Crippen molar-refractivity contribution in [3.8, 4) is 0 Å². The van der Waals surface area contributed by atoms with Crippen LogP contribution in [-0.2, 0) is 4.74 Å². The fraction of sp³-hybridized carbons (Fsp3) is 0.467. The Kier molecular flexibility index (Phi) is 5.24.